The van der Waals surface area contributed by atoms with Crippen molar-refractivity contribution >= 4 is 5.91 Å². The van der Waals surface area contributed by atoms with Crippen LogP contribution in [0.25, 0.3) is 0 Å². The van der Waals surface area contributed by atoms with Gasteiger partial charge in [-0.3, -0.25) is 19.1 Å². The van der Waals surface area contributed by atoms with Crippen LogP contribution in [0.5, 0.6) is 0 Å². The van der Waals surface area contributed by atoms with Crippen LogP contribution < -0.4 is 5.56 Å². The minimum Gasteiger partial charge on any atom is -0.395 e. The summed E-state index contributed by atoms with van der Waals surface area (Å²) in [5.41, 5.74) is -0.138. The van der Waals surface area contributed by atoms with E-state index < -0.39 is 0 Å². The van der Waals surface area contributed by atoms with Gasteiger partial charge in [-0.15, -0.1) is 0 Å². The molecule has 7 nitrogen and oxygen atoms in total. The fourth-order valence-electron chi connectivity index (χ4n) is 2.76. The summed E-state index contributed by atoms with van der Waals surface area (Å²) >= 11 is 0. The third kappa shape index (κ3) is 4.14. The highest BCUT2D eigenvalue weighted by Crippen LogP contribution is 2.10. The maximum atomic E-state index is 12.2. The molecule has 122 valence electrons. The van der Waals surface area contributed by atoms with Crippen molar-refractivity contribution in [1.29, 1.82) is 0 Å². The number of carbonyl (C=O) groups excluding carboxylic acids is 1. The second kappa shape index (κ2) is 8.05. The second-order valence-electron chi connectivity index (χ2n) is 5.52. The lowest BCUT2D eigenvalue weighted by molar-refractivity contribution is -0.133. The van der Waals surface area contributed by atoms with Crippen LogP contribution in [-0.4, -0.2) is 69.2 Å². The van der Waals surface area contributed by atoms with Crippen LogP contribution in [0.2, 0.25) is 0 Å². The Bertz CT molecular complexity index is 534. The van der Waals surface area contributed by atoms with Crippen molar-refractivity contribution in [3.63, 3.8) is 0 Å². The zero-order valence-corrected chi connectivity index (χ0v) is 13.0. The topological polar surface area (TPSA) is 78.7 Å². The van der Waals surface area contributed by atoms with Gasteiger partial charge in [0.2, 0.25) is 5.91 Å². The summed E-state index contributed by atoms with van der Waals surface area (Å²) in [6.07, 6.45) is 4.13. The average molecular weight is 308 g/mol. The number of amides is 1. The fourth-order valence-corrected chi connectivity index (χ4v) is 2.76. The molecule has 1 aliphatic heterocycles. The Morgan fingerprint density at radius 2 is 2.09 bits per heavy atom. The Morgan fingerprint density at radius 1 is 1.36 bits per heavy atom. The zero-order valence-electron chi connectivity index (χ0n) is 13.0. The van der Waals surface area contributed by atoms with Gasteiger partial charge < -0.3 is 10.0 Å². The Hall–Kier alpha value is -1.73. The first-order chi connectivity index (χ1) is 10.7. The van der Waals surface area contributed by atoms with Crippen molar-refractivity contribution in [1.82, 2.24) is 19.4 Å². The number of rotatable bonds is 6. The number of aryl methyl sites for hydroxylation is 1. The second-order valence-corrected chi connectivity index (χ2v) is 5.52. The summed E-state index contributed by atoms with van der Waals surface area (Å²) in [7, 11) is 0. The lowest BCUT2D eigenvalue weighted by Gasteiger charge is -2.38. The zero-order chi connectivity index (χ0) is 15.9. The molecule has 1 aromatic heterocycles. The summed E-state index contributed by atoms with van der Waals surface area (Å²) < 4.78 is 1.45. The van der Waals surface area contributed by atoms with E-state index in [9.17, 15) is 14.7 Å². The summed E-state index contributed by atoms with van der Waals surface area (Å²) in [6, 6.07) is 1.58. The first-order valence-electron chi connectivity index (χ1n) is 7.78. The number of nitrogens with zero attached hydrogens (tertiary/aromatic N) is 4. The van der Waals surface area contributed by atoms with E-state index in [4.69, 9.17) is 0 Å². The van der Waals surface area contributed by atoms with Crippen LogP contribution in [0.3, 0.4) is 0 Å². The summed E-state index contributed by atoms with van der Waals surface area (Å²) in [5, 5.41) is 9.33. The summed E-state index contributed by atoms with van der Waals surface area (Å²) in [6.45, 7) is 5.52. The van der Waals surface area contributed by atoms with Crippen molar-refractivity contribution < 1.29 is 9.90 Å². The molecule has 2 heterocycles. The minimum absolute atomic E-state index is 0.0625. The third-order valence-electron chi connectivity index (χ3n) is 4.22. The SMILES string of the molecule is CCC(CO)N1CCN(C(=O)CCn2cnccc2=O)CC1. The Morgan fingerprint density at radius 3 is 2.68 bits per heavy atom. The molecule has 7 heteroatoms. The highest BCUT2D eigenvalue weighted by Gasteiger charge is 2.24. The monoisotopic (exact) mass is 308 g/mol. The normalized spacial score (nSPS) is 17.5. The molecule has 2 rings (SSSR count). The molecule has 0 saturated carbocycles. The smallest absolute Gasteiger partial charge is 0.253 e. The highest BCUT2D eigenvalue weighted by molar-refractivity contribution is 5.76. The lowest BCUT2D eigenvalue weighted by atomic mass is 10.1. The Balaban J connectivity index is 1.80. The van der Waals surface area contributed by atoms with E-state index in [2.05, 4.69) is 16.8 Å². The molecule has 0 bridgehead atoms. The summed E-state index contributed by atoms with van der Waals surface area (Å²) in [4.78, 5) is 31.7. The lowest BCUT2D eigenvalue weighted by Crippen LogP contribution is -2.52. The van der Waals surface area contributed by atoms with Crippen molar-refractivity contribution in [2.75, 3.05) is 32.8 Å². The Labute approximate surface area is 130 Å². The molecule has 1 aliphatic rings. The average Bonchev–Trinajstić information content (AvgIpc) is 2.55. The van der Waals surface area contributed by atoms with Gasteiger partial charge in [-0.05, 0) is 6.42 Å². The molecule has 1 atom stereocenters. The predicted molar refractivity (Wildman–Crippen MR) is 82.4 cm³/mol. The van der Waals surface area contributed by atoms with E-state index in [-0.39, 0.29) is 24.1 Å². The van der Waals surface area contributed by atoms with E-state index in [0.717, 1.165) is 19.5 Å². The molecule has 1 unspecified atom stereocenters. The van der Waals surface area contributed by atoms with Gasteiger partial charge in [0.05, 0.1) is 12.9 Å². The first kappa shape index (κ1) is 16.6. The van der Waals surface area contributed by atoms with E-state index in [0.29, 0.717) is 26.1 Å². The van der Waals surface area contributed by atoms with E-state index in [1.807, 2.05) is 4.90 Å². The number of aliphatic hydroxyl groups is 1. The summed E-state index contributed by atoms with van der Waals surface area (Å²) in [5.74, 6) is 0.0625. The van der Waals surface area contributed by atoms with Crippen LogP contribution >= 0.6 is 0 Å². The van der Waals surface area contributed by atoms with Crippen LogP contribution in [0.15, 0.2) is 23.4 Å². The first-order valence-corrected chi connectivity index (χ1v) is 7.78. The predicted octanol–water partition coefficient (Wildman–Crippen LogP) is -0.451. The number of hydrogen-bond acceptors (Lipinski definition) is 5. The third-order valence-corrected chi connectivity index (χ3v) is 4.22. The van der Waals surface area contributed by atoms with Crippen molar-refractivity contribution in [3.8, 4) is 0 Å². The van der Waals surface area contributed by atoms with E-state index in [1.54, 1.807) is 0 Å². The van der Waals surface area contributed by atoms with Gasteiger partial charge in [0.15, 0.2) is 0 Å². The molecule has 22 heavy (non-hydrogen) atoms. The van der Waals surface area contributed by atoms with E-state index in [1.165, 1.54) is 23.2 Å². The number of aromatic nitrogens is 2. The van der Waals surface area contributed by atoms with Gasteiger partial charge in [0.1, 0.15) is 0 Å². The molecule has 0 spiro atoms. The standard InChI is InChI=1S/C15H24N4O3/c1-2-13(11-20)17-7-9-18(10-8-17)15(22)4-6-19-12-16-5-3-14(19)21/h3,5,12-13,20H,2,4,6-11H2,1H3. The van der Waals surface area contributed by atoms with Gasteiger partial charge >= 0.3 is 0 Å². The molecule has 1 amide bonds. The minimum atomic E-state index is -0.138. The molecule has 0 radical (unpaired) electrons. The van der Waals surface area contributed by atoms with Crippen LogP contribution in [0, 0.1) is 0 Å². The molecular weight excluding hydrogens is 284 g/mol. The number of hydrogen-bond donors (Lipinski definition) is 1. The van der Waals surface area contributed by atoms with Gasteiger partial charge in [0.25, 0.3) is 5.56 Å². The van der Waals surface area contributed by atoms with Gasteiger partial charge in [0, 0.05) is 57.4 Å². The molecule has 1 fully saturated rings. The largest absolute Gasteiger partial charge is 0.395 e. The fraction of sp³-hybridized carbons (Fsp3) is 0.667. The van der Waals surface area contributed by atoms with Crippen molar-refractivity contribution in [3.05, 3.63) is 28.9 Å². The van der Waals surface area contributed by atoms with Gasteiger partial charge in [-0.25, -0.2) is 4.98 Å². The maximum Gasteiger partial charge on any atom is 0.253 e. The van der Waals surface area contributed by atoms with Crippen LogP contribution in [0.1, 0.15) is 19.8 Å². The molecule has 1 aromatic rings. The van der Waals surface area contributed by atoms with Gasteiger partial charge in [-0.2, -0.15) is 0 Å². The number of carbonyl (C=O) groups is 1. The highest BCUT2D eigenvalue weighted by atomic mass is 16.3. The number of piperazine rings is 1. The van der Waals surface area contributed by atoms with E-state index >= 15 is 0 Å². The molecule has 1 N–H and O–H groups in total. The van der Waals surface area contributed by atoms with Crippen LogP contribution in [-0.2, 0) is 11.3 Å². The molecular formula is C15H24N4O3. The molecule has 0 aliphatic carbocycles. The van der Waals surface area contributed by atoms with Crippen LogP contribution in [0.4, 0.5) is 0 Å². The quantitative estimate of drug-likeness (QED) is 0.770. The maximum absolute atomic E-state index is 12.2. The van der Waals surface area contributed by atoms with Crippen molar-refractivity contribution in [2.24, 2.45) is 0 Å². The van der Waals surface area contributed by atoms with Crippen molar-refractivity contribution in [2.45, 2.75) is 32.4 Å². The molecule has 1 saturated heterocycles. The van der Waals surface area contributed by atoms with Gasteiger partial charge in [-0.1, -0.05) is 6.92 Å². The molecule has 0 aromatic carbocycles. The number of aliphatic hydroxyl groups excluding tert-OH is 1. The Kier molecular flexibility index (Phi) is 6.09.